The smallest absolute Gasteiger partial charge is 0.335 e. The summed E-state index contributed by atoms with van der Waals surface area (Å²) < 4.78 is 1.80. The predicted octanol–water partition coefficient (Wildman–Crippen LogP) is 4.06. The van der Waals surface area contributed by atoms with Gasteiger partial charge in [0.2, 0.25) is 0 Å². The third-order valence-electron chi connectivity index (χ3n) is 3.93. The highest BCUT2D eigenvalue weighted by molar-refractivity contribution is 7.17. The van der Waals surface area contributed by atoms with Crippen LogP contribution in [0.5, 0.6) is 0 Å². The predicted molar refractivity (Wildman–Crippen MR) is 99.6 cm³/mol. The van der Waals surface area contributed by atoms with Gasteiger partial charge in [-0.2, -0.15) is 5.10 Å². The fourth-order valence-corrected chi connectivity index (χ4v) is 3.31. The molecule has 0 bridgehead atoms. The van der Waals surface area contributed by atoms with E-state index in [2.05, 4.69) is 15.3 Å². The lowest BCUT2D eigenvalue weighted by Gasteiger charge is -2.00. The number of hydrogen-bond donors (Lipinski definition) is 1. The highest BCUT2D eigenvalue weighted by Gasteiger charge is 2.12. The zero-order chi connectivity index (χ0) is 18.1. The van der Waals surface area contributed by atoms with Crippen molar-refractivity contribution >= 4 is 17.3 Å². The van der Waals surface area contributed by atoms with Crippen molar-refractivity contribution in [2.75, 3.05) is 0 Å². The summed E-state index contributed by atoms with van der Waals surface area (Å²) in [6.45, 7) is 2.05. The molecule has 0 aliphatic heterocycles. The van der Waals surface area contributed by atoms with E-state index < -0.39 is 5.97 Å². The van der Waals surface area contributed by atoms with Crippen molar-refractivity contribution in [3.05, 3.63) is 72.1 Å². The molecule has 1 N–H and O–H groups in total. The minimum absolute atomic E-state index is 0.248. The van der Waals surface area contributed by atoms with Gasteiger partial charge in [0.05, 0.1) is 23.0 Å². The second-order valence-corrected chi connectivity index (χ2v) is 6.78. The van der Waals surface area contributed by atoms with E-state index in [1.165, 1.54) is 16.9 Å². The molecule has 0 atom stereocenters. The highest BCUT2D eigenvalue weighted by atomic mass is 32.1. The van der Waals surface area contributed by atoms with E-state index in [0.717, 1.165) is 26.8 Å². The number of carboxylic acid groups (broad SMARTS) is 1. The lowest BCUT2D eigenvalue weighted by atomic mass is 10.1. The molecule has 2 heterocycles. The quantitative estimate of drug-likeness (QED) is 0.592. The Morgan fingerprint density at radius 2 is 1.62 bits per heavy atom. The molecule has 2 aromatic heterocycles. The summed E-state index contributed by atoms with van der Waals surface area (Å²) in [6, 6.07) is 14.7. The number of aromatic carboxylic acids is 1. The monoisotopic (exact) mass is 362 g/mol. The first-order chi connectivity index (χ1) is 12.6. The number of benzene rings is 2. The van der Waals surface area contributed by atoms with E-state index in [1.807, 2.05) is 37.4 Å². The van der Waals surface area contributed by atoms with Gasteiger partial charge in [0.1, 0.15) is 5.01 Å². The minimum Gasteiger partial charge on any atom is -0.478 e. The lowest BCUT2D eigenvalue weighted by molar-refractivity contribution is 0.0697. The summed E-state index contributed by atoms with van der Waals surface area (Å²) in [5.74, 6) is -0.946. The van der Waals surface area contributed by atoms with Gasteiger partial charge in [-0.05, 0) is 31.2 Å². The van der Waals surface area contributed by atoms with Crippen LogP contribution in [0.4, 0.5) is 0 Å². The molecule has 0 aliphatic carbocycles. The van der Waals surface area contributed by atoms with E-state index in [0.29, 0.717) is 0 Å². The van der Waals surface area contributed by atoms with E-state index in [-0.39, 0.29) is 5.56 Å². The third kappa shape index (κ3) is 3.12. The topological polar surface area (TPSA) is 80.9 Å². The maximum absolute atomic E-state index is 10.9. The van der Waals surface area contributed by atoms with Gasteiger partial charge in [0, 0.05) is 11.8 Å². The molecule has 0 spiro atoms. The van der Waals surface area contributed by atoms with Crippen LogP contribution < -0.4 is 0 Å². The number of rotatable bonds is 4. The second kappa shape index (κ2) is 6.53. The molecule has 6 nitrogen and oxygen atoms in total. The van der Waals surface area contributed by atoms with Crippen LogP contribution in [-0.2, 0) is 0 Å². The standard InChI is InChI=1S/C19H14N4O2S/c1-12-2-8-16(9-3-12)23-11-15(10-20-23)18-22-21-17(26-18)13-4-6-14(7-5-13)19(24)25/h2-11H,1H3,(H,24,25). The number of nitrogens with zero attached hydrogens (tertiary/aromatic N) is 4. The number of carboxylic acids is 1. The molecule has 0 saturated carbocycles. The Labute approximate surface area is 153 Å². The number of carbonyl (C=O) groups is 1. The Morgan fingerprint density at radius 3 is 2.27 bits per heavy atom. The van der Waals surface area contributed by atoms with E-state index in [4.69, 9.17) is 5.11 Å². The molecule has 0 aliphatic rings. The van der Waals surface area contributed by atoms with E-state index in [1.54, 1.807) is 35.1 Å². The van der Waals surface area contributed by atoms with Crippen molar-refractivity contribution in [3.8, 4) is 26.8 Å². The summed E-state index contributed by atoms with van der Waals surface area (Å²) in [7, 11) is 0. The lowest BCUT2D eigenvalue weighted by Crippen LogP contribution is -1.94. The Morgan fingerprint density at radius 1 is 0.962 bits per heavy atom. The van der Waals surface area contributed by atoms with Gasteiger partial charge in [-0.1, -0.05) is 41.2 Å². The molecule has 0 radical (unpaired) electrons. The molecule has 0 amide bonds. The molecule has 128 valence electrons. The molecule has 26 heavy (non-hydrogen) atoms. The Bertz CT molecular complexity index is 1070. The number of aryl methyl sites for hydroxylation is 1. The van der Waals surface area contributed by atoms with Crippen LogP contribution in [0.1, 0.15) is 15.9 Å². The van der Waals surface area contributed by atoms with Gasteiger partial charge in [0.25, 0.3) is 0 Å². The maximum Gasteiger partial charge on any atom is 0.335 e. The maximum atomic E-state index is 10.9. The normalized spacial score (nSPS) is 10.8. The van der Waals surface area contributed by atoms with Crippen LogP contribution in [0.25, 0.3) is 26.8 Å². The average Bonchev–Trinajstić information content (AvgIpc) is 3.32. The number of hydrogen-bond acceptors (Lipinski definition) is 5. The van der Waals surface area contributed by atoms with E-state index in [9.17, 15) is 4.79 Å². The Hall–Kier alpha value is -3.32. The molecule has 4 aromatic rings. The molecule has 4 rings (SSSR count). The molecular formula is C19H14N4O2S. The second-order valence-electron chi connectivity index (χ2n) is 5.80. The van der Waals surface area contributed by atoms with Crippen LogP contribution in [0, 0.1) is 6.92 Å². The van der Waals surface area contributed by atoms with Crippen molar-refractivity contribution in [3.63, 3.8) is 0 Å². The van der Waals surface area contributed by atoms with E-state index >= 15 is 0 Å². The van der Waals surface area contributed by atoms with Gasteiger partial charge in [-0.15, -0.1) is 10.2 Å². The summed E-state index contributed by atoms with van der Waals surface area (Å²) >= 11 is 1.44. The summed E-state index contributed by atoms with van der Waals surface area (Å²) in [5.41, 5.74) is 4.15. The van der Waals surface area contributed by atoms with Crippen LogP contribution in [-0.4, -0.2) is 31.1 Å². The van der Waals surface area contributed by atoms with Crippen molar-refractivity contribution in [2.45, 2.75) is 6.92 Å². The largest absolute Gasteiger partial charge is 0.478 e. The van der Waals surface area contributed by atoms with Crippen molar-refractivity contribution in [2.24, 2.45) is 0 Å². The van der Waals surface area contributed by atoms with Crippen molar-refractivity contribution in [1.82, 2.24) is 20.0 Å². The minimum atomic E-state index is -0.946. The SMILES string of the molecule is Cc1ccc(-n2cc(-c3nnc(-c4ccc(C(=O)O)cc4)s3)cn2)cc1. The number of aromatic nitrogens is 4. The van der Waals surface area contributed by atoms with Gasteiger partial charge >= 0.3 is 5.97 Å². The Balaban J connectivity index is 1.60. The summed E-state index contributed by atoms with van der Waals surface area (Å²) in [4.78, 5) is 10.9. The fourth-order valence-electron chi connectivity index (χ4n) is 2.48. The van der Waals surface area contributed by atoms with Crippen LogP contribution in [0.2, 0.25) is 0 Å². The van der Waals surface area contributed by atoms with Gasteiger partial charge < -0.3 is 5.11 Å². The molecule has 2 aromatic carbocycles. The Kier molecular flexibility index (Phi) is 4.06. The molecular weight excluding hydrogens is 348 g/mol. The zero-order valence-corrected chi connectivity index (χ0v) is 14.6. The fraction of sp³-hybridized carbons (Fsp3) is 0.0526. The van der Waals surface area contributed by atoms with Crippen LogP contribution in [0.3, 0.4) is 0 Å². The summed E-state index contributed by atoms with van der Waals surface area (Å²) in [5, 5.41) is 23.3. The van der Waals surface area contributed by atoms with Crippen LogP contribution in [0.15, 0.2) is 60.9 Å². The average molecular weight is 362 g/mol. The van der Waals surface area contributed by atoms with Gasteiger partial charge in [-0.25, -0.2) is 9.48 Å². The van der Waals surface area contributed by atoms with Crippen molar-refractivity contribution < 1.29 is 9.90 Å². The molecule has 0 unspecified atom stereocenters. The zero-order valence-electron chi connectivity index (χ0n) is 13.8. The third-order valence-corrected chi connectivity index (χ3v) is 4.95. The highest BCUT2D eigenvalue weighted by Crippen LogP contribution is 2.30. The van der Waals surface area contributed by atoms with Crippen LogP contribution >= 0.6 is 11.3 Å². The van der Waals surface area contributed by atoms with Gasteiger partial charge in [-0.3, -0.25) is 0 Å². The first-order valence-corrected chi connectivity index (χ1v) is 8.71. The van der Waals surface area contributed by atoms with Gasteiger partial charge in [0.15, 0.2) is 5.01 Å². The molecule has 0 fully saturated rings. The summed E-state index contributed by atoms with van der Waals surface area (Å²) in [6.07, 6.45) is 3.68. The molecule has 0 saturated heterocycles. The first kappa shape index (κ1) is 16.2. The first-order valence-electron chi connectivity index (χ1n) is 7.89. The molecule has 7 heteroatoms. The van der Waals surface area contributed by atoms with Crippen molar-refractivity contribution in [1.29, 1.82) is 0 Å².